The Bertz CT molecular complexity index is 3560. The number of hydrogen-bond acceptors (Lipinski definition) is 2. The second-order valence-corrected chi connectivity index (χ2v) is 19.1. The number of nitrogens with zero attached hydrogens (tertiary/aromatic N) is 2. The Kier molecular flexibility index (Phi) is 7.98. The standard InChI is InChI=1S/C64H52N2/c1-63(2)57-30-15-12-27-51(57)54-36-33-48(40-60(54)63)66(46-24-10-5-11-25-46)50-35-38-56-53-29-14-17-32-59(53)64(62(56)42-50)58-31-16-13-28-52(58)55-37-34-49(41-61(55)64)65(45-22-8-4-9-23-45)47-26-18-21-44(39-47)43-19-6-3-7-20-43/h4-5,8-18,21-43H,3,6-7,19-20H2,1-2H3/i18D,21D,26D,39D. The van der Waals surface area contributed by atoms with E-state index in [1.165, 1.54) is 55.6 Å². The maximum atomic E-state index is 9.94. The number of para-hydroxylation sites is 2. The monoisotopic (exact) mass is 852 g/mol. The molecular formula is C64H52N2. The van der Waals surface area contributed by atoms with Gasteiger partial charge >= 0.3 is 0 Å². The molecule has 318 valence electrons. The van der Waals surface area contributed by atoms with E-state index < -0.39 is 5.41 Å². The van der Waals surface area contributed by atoms with Gasteiger partial charge < -0.3 is 9.80 Å². The van der Waals surface area contributed by atoms with E-state index in [4.69, 9.17) is 1.37 Å². The third-order valence-electron chi connectivity index (χ3n) is 15.3. The lowest BCUT2D eigenvalue weighted by molar-refractivity contribution is 0.443. The van der Waals surface area contributed by atoms with Gasteiger partial charge in [0.15, 0.2) is 0 Å². The maximum absolute atomic E-state index is 9.94. The zero-order valence-corrected chi connectivity index (χ0v) is 37.4. The van der Waals surface area contributed by atoms with Crippen LogP contribution in [0.5, 0.6) is 0 Å². The van der Waals surface area contributed by atoms with Crippen molar-refractivity contribution in [3.8, 4) is 33.4 Å². The largest absolute Gasteiger partial charge is 0.310 e. The Morgan fingerprint density at radius 2 is 0.818 bits per heavy atom. The van der Waals surface area contributed by atoms with Gasteiger partial charge in [-0.25, -0.2) is 0 Å². The normalized spacial score (nSPS) is 17.9. The molecule has 4 aliphatic carbocycles. The minimum absolute atomic E-state index is 0.0170. The van der Waals surface area contributed by atoms with E-state index in [2.05, 4.69) is 176 Å². The van der Waals surface area contributed by atoms with Crippen molar-refractivity contribution in [3.63, 3.8) is 0 Å². The third kappa shape index (κ3) is 5.73. The van der Waals surface area contributed by atoms with E-state index in [0.717, 1.165) is 71.7 Å². The Hall–Kier alpha value is -7.42. The second kappa shape index (κ2) is 15.1. The van der Waals surface area contributed by atoms with Crippen LogP contribution in [-0.2, 0) is 10.8 Å². The zero-order valence-electron chi connectivity index (χ0n) is 41.4. The summed E-state index contributed by atoms with van der Waals surface area (Å²) in [7, 11) is 0. The third-order valence-corrected chi connectivity index (χ3v) is 15.3. The zero-order chi connectivity index (χ0) is 47.5. The number of hydrogen-bond donors (Lipinski definition) is 0. The molecule has 0 saturated heterocycles. The first-order chi connectivity index (χ1) is 34.2. The highest BCUT2D eigenvalue weighted by atomic mass is 15.1. The van der Waals surface area contributed by atoms with E-state index >= 15 is 0 Å². The molecule has 0 bridgehead atoms. The van der Waals surface area contributed by atoms with Crippen LogP contribution < -0.4 is 9.80 Å². The SMILES string of the molecule is [2H]c1c([2H])c(C2CCCCC2)c([2H])c(N(c2ccccc2)c2ccc3c(c2)C2(c4ccccc4-c4ccc(N(c5ccccc5)c5ccc6c(c5)C(C)(C)c5ccccc5-6)cc42)c2ccccc2-3)c1[2H]. The predicted molar refractivity (Wildman–Crippen MR) is 275 cm³/mol. The van der Waals surface area contributed by atoms with Crippen molar-refractivity contribution in [2.75, 3.05) is 9.80 Å². The van der Waals surface area contributed by atoms with E-state index in [1.807, 2.05) is 35.2 Å². The molecule has 0 amide bonds. The van der Waals surface area contributed by atoms with Crippen LogP contribution in [0.3, 0.4) is 0 Å². The van der Waals surface area contributed by atoms with Crippen molar-refractivity contribution < 1.29 is 5.48 Å². The molecule has 9 aromatic rings. The first-order valence-corrected chi connectivity index (χ1v) is 23.7. The lowest BCUT2D eigenvalue weighted by Crippen LogP contribution is -2.26. The van der Waals surface area contributed by atoms with Crippen LogP contribution in [0, 0.1) is 0 Å². The van der Waals surface area contributed by atoms with Gasteiger partial charge in [0, 0.05) is 39.5 Å². The molecule has 2 nitrogen and oxygen atoms in total. The highest BCUT2D eigenvalue weighted by Crippen LogP contribution is 2.64. The van der Waals surface area contributed by atoms with Crippen LogP contribution in [-0.4, -0.2) is 0 Å². The molecule has 1 unspecified atom stereocenters. The molecule has 0 aliphatic heterocycles. The van der Waals surface area contributed by atoms with E-state index in [-0.39, 0.29) is 35.5 Å². The van der Waals surface area contributed by atoms with Crippen molar-refractivity contribution >= 4 is 34.1 Å². The lowest BCUT2D eigenvalue weighted by Gasteiger charge is -2.33. The van der Waals surface area contributed by atoms with Gasteiger partial charge in [0.1, 0.15) is 0 Å². The summed E-state index contributed by atoms with van der Waals surface area (Å²) < 4.78 is 37.9. The fourth-order valence-corrected chi connectivity index (χ4v) is 12.3. The van der Waals surface area contributed by atoms with Crippen molar-refractivity contribution in [2.24, 2.45) is 0 Å². The van der Waals surface area contributed by atoms with Crippen LogP contribution in [0.4, 0.5) is 34.1 Å². The van der Waals surface area contributed by atoms with Crippen LogP contribution in [0.1, 0.15) is 96.3 Å². The van der Waals surface area contributed by atoms with Crippen LogP contribution in [0.25, 0.3) is 33.4 Å². The first kappa shape index (κ1) is 34.9. The second-order valence-electron chi connectivity index (χ2n) is 19.1. The molecule has 0 heterocycles. The molecular weight excluding hydrogens is 797 g/mol. The topological polar surface area (TPSA) is 6.48 Å². The molecule has 1 spiro atoms. The molecule has 13 rings (SSSR count). The average molecular weight is 853 g/mol. The van der Waals surface area contributed by atoms with Gasteiger partial charge in [-0.05, 0) is 164 Å². The van der Waals surface area contributed by atoms with Crippen molar-refractivity contribution in [3.05, 3.63) is 251 Å². The molecule has 4 aliphatic rings. The summed E-state index contributed by atoms with van der Waals surface area (Å²) in [5.41, 5.74) is 19.6. The average Bonchev–Trinajstić information content (AvgIpc) is 3.95. The maximum Gasteiger partial charge on any atom is 0.0727 e. The number of rotatable bonds is 7. The number of anilines is 6. The fraction of sp³-hybridized carbons (Fsp3) is 0.156. The van der Waals surface area contributed by atoms with Gasteiger partial charge in [0.05, 0.1) is 10.9 Å². The quantitative estimate of drug-likeness (QED) is 0.158. The summed E-state index contributed by atoms with van der Waals surface area (Å²) in [6.07, 6.45) is 5.00. The lowest BCUT2D eigenvalue weighted by atomic mass is 9.70. The smallest absolute Gasteiger partial charge is 0.0727 e. The van der Waals surface area contributed by atoms with Gasteiger partial charge in [-0.1, -0.05) is 173 Å². The van der Waals surface area contributed by atoms with Crippen LogP contribution in [0.2, 0.25) is 0 Å². The molecule has 1 atom stereocenters. The van der Waals surface area contributed by atoms with Crippen molar-refractivity contribution in [1.29, 1.82) is 0 Å². The minimum atomic E-state index is -0.720. The summed E-state index contributed by atoms with van der Waals surface area (Å²) in [4.78, 5) is 4.43. The fourth-order valence-electron chi connectivity index (χ4n) is 12.3. The van der Waals surface area contributed by atoms with Gasteiger partial charge in [0.25, 0.3) is 0 Å². The van der Waals surface area contributed by atoms with Gasteiger partial charge in [-0.15, -0.1) is 0 Å². The van der Waals surface area contributed by atoms with Gasteiger partial charge in [-0.2, -0.15) is 0 Å². The molecule has 2 heteroatoms. The Balaban J connectivity index is 1.05. The Labute approximate surface area is 395 Å². The summed E-state index contributed by atoms with van der Waals surface area (Å²) in [6, 6.07) is 68.0. The molecule has 0 N–H and O–H groups in total. The Morgan fingerprint density at radius 3 is 1.36 bits per heavy atom. The van der Waals surface area contributed by atoms with E-state index in [1.54, 1.807) is 0 Å². The van der Waals surface area contributed by atoms with Crippen LogP contribution in [0.15, 0.2) is 212 Å². The highest BCUT2D eigenvalue weighted by Gasteiger charge is 2.52. The molecule has 1 saturated carbocycles. The summed E-state index contributed by atoms with van der Waals surface area (Å²) in [5.74, 6) is 0.0170. The number of benzene rings is 9. The van der Waals surface area contributed by atoms with E-state index in [9.17, 15) is 4.11 Å². The van der Waals surface area contributed by atoms with Gasteiger partial charge in [0.2, 0.25) is 0 Å². The molecule has 1 fully saturated rings. The van der Waals surface area contributed by atoms with Crippen molar-refractivity contribution in [1.82, 2.24) is 0 Å². The summed E-state index contributed by atoms with van der Waals surface area (Å²) in [6.45, 7) is 4.68. The summed E-state index contributed by atoms with van der Waals surface area (Å²) in [5, 5.41) is 0. The van der Waals surface area contributed by atoms with Crippen LogP contribution >= 0.6 is 0 Å². The minimum Gasteiger partial charge on any atom is -0.310 e. The molecule has 0 radical (unpaired) electrons. The highest BCUT2D eigenvalue weighted by molar-refractivity contribution is 5.98. The van der Waals surface area contributed by atoms with E-state index in [0.29, 0.717) is 11.3 Å². The molecule has 0 aromatic heterocycles. The summed E-state index contributed by atoms with van der Waals surface area (Å²) >= 11 is 0. The van der Waals surface area contributed by atoms with Crippen molar-refractivity contribution in [2.45, 2.75) is 62.7 Å². The van der Waals surface area contributed by atoms with Gasteiger partial charge in [-0.3, -0.25) is 0 Å². The first-order valence-electron chi connectivity index (χ1n) is 25.7. The Morgan fingerprint density at radius 1 is 0.394 bits per heavy atom. The molecule has 66 heavy (non-hydrogen) atoms. The number of fused-ring (bicyclic) bond motifs is 13. The predicted octanol–water partition coefficient (Wildman–Crippen LogP) is 17.3. The molecule has 9 aromatic carbocycles.